The van der Waals surface area contributed by atoms with Gasteiger partial charge in [-0.1, -0.05) is 24.1 Å². The maximum atomic E-state index is 12.6. The molecule has 2 N–H and O–H groups in total. The van der Waals surface area contributed by atoms with Crippen molar-refractivity contribution in [1.82, 2.24) is 15.3 Å². The largest absolute Gasteiger partial charge is 0.322 e. The summed E-state index contributed by atoms with van der Waals surface area (Å²) in [5.41, 5.74) is 2.72. The number of benzene rings is 2. The van der Waals surface area contributed by atoms with E-state index in [2.05, 4.69) is 32.4 Å². The fourth-order valence-corrected chi connectivity index (χ4v) is 3.21. The van der Waals surface area contributed by atoms with Crippen molar-refractivity contribution in [2.45, 2.75) is 12.8 Å². The lowest BCUT2D eigenvalue weighted by Gasteiger charge is -2.09. The van der Waals surface area contributed by atoms with E-state index < -0.39 is 0 Å². The lowest BCUT2D eigenvalue weighted by Crippen LogP contribution is -2.22. The molecule has 1 aliphatic heterocycles. The molecule has 3 amide bonds. The van der Waals surface area contributed by atoms with Crippen LogP contribution < -0.4 is 10.6 Å². The number of nitrogens with one attached hydrogen (secondary N) is 2. The second-order valence-corrected chi connectivity index (χ2v) is 7.07. The Kier molecular flexibility index (Phi) is 5.81. The van der Waals surface area contributed by atoms with E-state index in [4.69, 9.17) is 0 Å². The molecule has 1 unspecified atom stereocenters. The Bertz CT molecular complexity index is 1190. The first kappa shape index (κ1) is 20.0. The molecule has 1 aliphatic rings. The predicted molar refractivity (Wildman–Crippen MR) is 114 cm³/mol. The van der Waals surface area contributed by atoms with Gasteiger partial charge in [0.1, 0.15) is 0 Å². The van der Waals surface area contributed by atoms with E-state index >= 15 is 0 Å². The quantitative estimate of drug-likeness (QED) is 0.508. The monoisotopic (exact) mass is 410 g/mol. The molecule has 0 saturated carbocycles. The van der Waals surface area contributed by atoms with Crippen molar-refractivity contribution in [3.63, 3.8) is 0 Å². The van der Waals surface area contributed by atoms with E-state index in [0.717, 1.165) is 5.56 Å². The van der Waals surface area contributed by atoms with Gasteiger partial charge in [-0.15, -0.1) is 0 Å². The molecule has 0 spiro atoms. The Labute approximate surface area is 178 Å². The first-order chi connectivity index (χ1) is 15.1. The zero-order chi connectivity index (χ0) is 21.6. The molecule has 31 heavy (non-hydrogen) atoms. The Morgan fingerprint density at radius 3 is 2.52 bits per heavy atom. The van der Waals surface area contributed by atoms with Gasteiger partial charge in [0.2, 0.25) is 17.6 Å². The third kappa shape index (κ3) is 5.19. The Balaban J connectivity index is 1.40. The SMILES string of the molecule is O=C1CC(Cc2ccc(NC(=O)c3cccc(C#Cc4ncccn4)c3)cc2)C(=O)N1. The summed E-state index contributed by atoms with van der Waals surface area (Å²) in [6.45, 7) is 0. The van der Waals surface area contributed by atoms with Gasteiger partial charge in [0.15, 0.2) is 0 Å². The van der Waals surface area contributed by atoms with Gasteiger partial charge in [0.25, 0.3) is 5.91 Å². The number of rotatable bonds is 4. The third-order valence-corrected chi connectivity index (χ3v) is 4.77. The summed E-state index contributed by atoms with van der Waals surface area (Å²) in [6, 6.07) is 15.9. The average molecular weight is 410 g/mol. The van der Waals surface area contributed by atoms with E-state index in [1.54, 1.807) is 48.8 Å². The van der Waals surface area contributed by atoms with Gasteiger partial charge in [-0.05, 0) is 54.3 Å². The number of anilines is 1. The van der Waals surface area contributed by atoms with Crippen molar-refractivity contribution in [3.8, 4) is 11.8 Å². The van der Waals surface area contributed by atoms with Gasteiger partial charge in [-0.2, -0.15) is 0 Å². The molecular formula is C24H18N4O3. The molecule has 0 radical (unpaired) electrons. The van der Waals surface area contributed by atoms with Crippen LogP contribution in [0.4, 0.5) is 5.69 Å². The van der Waals surface area contributed by atoms with Gasteiger partial charge in [-0.25, -0.2) is 9.97 Å². The summed E-state index contributed by atoms with van der Waals surface area (Å²) in [4.78, 5) is 43.7. The summed E-state index contributed by atoms with van der Waals surface area (Å²) in [5.74, 6) is 5.18. The fraction of sp³-hybridized carbons (Fsp3) is 0.125. The molecule has 2 aromatic carbocycles. The van der Waals surface area contributed by atoms with Crippen LogP contribution in [0.5, 0.6) is 0 Å². The van der Waals surface area contributed by atoms with Crippen LogP contribution in [0.2, 0.25) is 0 Å². The van der Waals surface area contributed by atoms with E-state index in [1.165, 1.54) is 0 Å². The number of amides is 3. The molecule has 7 nitrogen and oxygen atoms in total. The Morgan fingerprint density at radius 1 is 1.03 bits per heavy atom. The van der Waals surface area contributed by atoms with Crippen LogP contribution in [0.15, 0.2) is 67.0 Å². The van der Waals surface area contributed by atoms with E-state index in [-0.39, 0.29) is 30.1 Å². The third-order valence-electron chi connectivity index (χ3n) is 4.77. The number of aromatic nitrogens is 2. The van der Waals surface area contributed by atoms with Crippen LogP contribution in [-0.2, 0) is 16.0 Å². The highest BCUT2D eigenvalue weighted by Crippen LogP contribution is 2.19. The van der Waals surface area contributed by atoms with Crippen molar-refractivity contribution < 1.29 is 14.4 Å². The first-order valence-electron chi connectivity index (χ1n) is 9.70. The number of carbonyl (C=O) groups excluding carboxylic acids is 3. The molecule has 1 atom stereocenters. The highest BCUT2D eigenvalue weighted by Gasteiger charge is 2.30. The van der Waals surface area contributed by atoms with Crippen LogP contribution in [-0.4, -0.2) is 27.7 Å². The molecule has 0 bridgehead atoms. The average Bonchev–Trinajstić information content (AvgIpc) is 3.11. The number of hydrogen-bond acceptors (Lipinski definition) is 5. The summed E-state index contributed by atoms with van der Waals surface area (Å²) in [5, 5.41) is 5.16. The summed E-state index contributed by atoms with van der Waals surface area (Å²) in [7, 11) is 0. The standard InChI is InChI=1S/C24H18N4O3/c29-22-15-19(24(31)28-22)14-17-5-8-20(9-6-17)27-23(30)18-4-1-3-16(13-18)7-10-21-25-11-2-12-26-21/h1-6,8-9,11-13,19H,14-15H2,(H,27,30)(H,28,29,31). The van der Waals surface area contributed by atoms with Crippen molar-refractivity contribution in [2.75, 3.05) is 5.32 Å². The molecule has 3 aromatic rings. The lowest BCUT2D eigenvalue weighted by molar-refractivity contribution is -0.125. The van der Waals surface area contributed by atoms with Gasteiger partial charge >= 0.3 is 0 Å². The van der Waals surface area contributed by atoms with Crippen LogP contribution in [0, 0.1) is 17.8 Å². The second kappa shape index (κ2) is 9.01. The summed E-state index contributed by atoms with van der Waals surface area (Å²) >= 11 is 0. The summed E-state index contributed by atoms with van der Waals surface area (Å²) in [6.07, 6.45) is 3.94. The maximum absolute atomic E-state index is 12.6. The van der Waals surface area contributed by atoms with Crippen LogP contribution in [0.1, 0.15) is 33.7 Å². The number of nitrogens with zero attached hydrogens (tertiary/aromatic N) is 2. The number of carbonyl (C=O) groups is 3. The number of hydrogen-bond donors (Lipinski definition) is 2. The summed E-state index contributed by atoms with van der Waals surface area (Å²) < 4.78 is 0. The molecule has 1 aromatic heterocycles. The van der Waals surface area contributed by atoms with Gasteiger partial charge in [0.05, 0.1) is 5.92 Å². The predicted octanol–water partition coefficient (Wildman–Crippen LogP) is 2.33. The van der Waals surface area contributed by atoms with Crippen molar-refractivity contribution in [3.05, 3.63) is 89.5 Å². The maximum Gasteiger partial charge on any atom is 0.255 e. The van der Waals surface area contributed by atoms with Crippen molar-refractivity contribution in [1.29, 1.82) is 0 Å². The van der Waals surface area contributed by atoms with E-state index in [9.17, 15) is 14.4 Å². The van der Waals surface area contributed by atoms with Gasteiger partial charge in [-0.3, -0.25) is 19.7 Å². The molecule has 0 aliphatic carbocycles. The van der Waals surface area contributed by atoms with Crippen LogP contribution in [0.3, 0.4) is 0 Å². The van der Waals surface area contributed by atoms with Gasteiger partial charge < -0.3 is 5.32 Å². The minimum absolute atomic E-state index is 0.215. The van der Waals surface area contributed by atoms with Crippen molar-refractivity contribution in [2.24, 2.45) is 5.92 Å². The molecule has 4 rings (SSSR count). The highest BCUT2D eigenvalue weighted by molar-refractivity contribution is 6.04. The first-order valence-corrected chi connectivity index (χ1v) is 9.70. The zero-order valence-electron chi connectivity index (χ0n) is 16.5. The van der Waals surface area contributed by atoms with E-state index in [1.807, 2.05) is 18.2 Å². The van der Waals surface area contributed by atoms with E-state index in [0.29, 0.717) is 29.1 Å². The lowest BCUT2D eigenvalue weighted by atomic mass is 9.98. The fourth-order valence-electron chi connectivity index (χ4n) is 3.21. The normalized spacial score (nSPS) is 15.0. The topological polar surface area (TPSA) is 101 Å². The second-order valence-electron chi connectivity index (χ2n) is 7.07. The molecule has 7 heteroatoms. The highest BCUT2D eigenvalue weighted by atomic mass is 16.2. The van der Waals surface area contributed by atoms with Crippen molar-refractivity contribution >= 4 is 23.4 Å². The Hall–Kier alpha value is -4.31. The smallest absolute Gasteiger partial charge is 0.255 e. The Morgan fingerprint density at radius 2 is 1.81 bits per heavy atom. The molecule has 1 fully saturated rings. The minimum atomic E-state index is -0.335. The molecule has 152 valence electrons. The zero-order valence-corrected chi connectivity index (χ0v) is 16.5. The minimum Gasteiger partial charge on any atom is -0.322 e. The van der Waals surface area contributed by atoms with Crippen LogP contribution in [0.25, 0.3) is 0 Å². The molecular weight excluding hydrogens is 392 g/mol. The molecule has 2 heterocycles. The van der Waals surface area contributed by atoms with Gasteiger partial charge in [0, 0.05) is 35.6 Å². The number of imide groups is 1. The molecule has 1 saturated heterocycles. The van der Waals surface area contributed by atoms with Crippen LogP contribution >= 0.6 is 0 Å².